The zero-order valence-electron chi connectivity index (χ0n) is 13.4. The molecule has 19 heavy (non-hydrogen) atoms. The fraction of sp³-hybridized carbons (Fsp3) is 1.00. The molecular formula is C12H30BN3O3. The first-order valence-corrected chi connectivity index (χ1v) is 6.71. The molecule has 0 radical (unpaired) electrons. The number of rotatable bonds is 12. The fourth-order valence-electron chi connectivity index (χ4n) is 1.14. The van der Waals surface area contributed by atoms with Crippen molar-refractivity contribution in [1.82, 2.24) is 14.7 Å². The van der Waals surface area contributed by atoms with Crippen molar-refractivity contribution >= 4 is 7.32 Å². The van der Waals surface area contributed by atoms with Crippen molar-refractivity contribution in [2.24, 2.45) is 0 Å². The summed E-state index contributed by atoms with van der Waals surface area (Å²) < 4.78 is 16.8. The molecular weight excluding hydrogens is 245 g/mol. The smallest absolute Gasteiger partial charge is 0.385 e. The van der Waals surface area contributed by atoms with Gasteiger partial charge in [0, 0.05) is 39.5 Å². The molecule has 0 aromatic carbocycles. The van der Waals surface area contributed by atoms with E-state index in [0.717, 1.165) is 19.6 Å². The zero-order chi connectivity index (χ0) is 14.7. The average molecular weight is 275 g/mol. The van der Waals surface area contributed by atoms with Gasteiger partial charge in [-0.15, -0.1) is 0 Å². The van der Waals surface area contributed by atoms with Crippen molar-refractivity contribution < 1.29 is 14.0 Å². The summed E-state index contributed by atoms with van der Waals surface area (Å²) in [5.74, 6) is 0. The molecule has 0 atom stereocenters. The molecule has 0 aliphatic rings. The van der Waals surface area contributed by atoms with Crippen LogP contribution in [0, 0.1) is 0 Å². The minimum Gasteiger partial charge on any atom is -0.385 e. The zero-order valence-corrected chi connectivity index (χ0v) is 13.4. The van der Waals surface area contributed by atoms with Gasteiger partial charge in [0.25, 0.3) is 0 Å². The monoisotopic (exact) mass is 275 g/mol. The lowest BCUT2D eigenvalue weighted by molar-refractivity contribution is 0.0782. The minimum atomic E-state index is -0.570. The summed E-state index contributed by atoms with van der Waals surface area (Å²) in [7, 11) is 11.5. The molecule has 0 aromatic rings. The van der Waals surface area contributed by atoms with Crippen molar-refractivity contribution in [1.29, 1.82) is 0 Å². The van der Waals surface area contributed by atoms with Gasteiger partial charge in [-0.3, -0.25) is 0 Å². The minimum absolute atomic E-state index is 0.570. The molecule has 114 valence electrons. The van der Waals surface area contributed by atoms with Crippen LogP contribution in [0.5, 0.6) is 0 Å². The van der Waals surface area contributed by atoms with Gasteiger partial charge in [0.05, 0.1) is 0 Å². The molecule has 0 spiro atoms. The first kappa shape index (κ1) is 18.8. The Kier molecular flexibility index (Phi) is 11.5. The van der Waals surface area contributed by atoms with Crippen LogP contribution >= 0.6 is 0 Å². The lowest BCUT2D eigenvalue weighted by Gasteiger charge is -2.18. The number of likely N-dealkylation sites (N-methyl/N-ethyl adjacent to an activating group) is 3. The van der Waals surface area contributed by atoms with E-state index in [0.29, 0.717) is 19.8 Å². The molecule has 0 bridgehead atoms. The third kappa shape index (κ3) is 14.0. The second-order valence-electron chi connectivity index (χ2n) is 5.31. The van der Waals surface area contributed by atoms with E-state index in [1.54, 1.807) is 0 Å². The van der Waals surface area contributed by atoms with Crippen LogP contribution in [0.1, 0.15) is 0 Å². The molecule has 0 fully saturated rings. The summed E-state index contributed by atoms with van der Waals surface area (Å²) in [6, 6.07) is 0. The molecule has 0 saturated heterocycles. The average Bonchev–Trinajstić information content (AvgIpc) is 2.26. The highest BCUT2D eigenvalue weighted by Crippen LogP contribution is 1.95. The van der Waals surface area contributed by atoms with Gasteiger partial charge in [0.1, 0.15) is 0 Å². The summed E-state index contributed by atoms with van der Waals surface area (Å²) in [6.45, 7) is 4.35. The lowest BCUT2D eigenvalue weighted by Crippen LogP contribution is -2.35. The number of nitrogens with zero attached hydrogens (tertiary/aromatic N) is 3. The van der Waals surface area contributed by atoms with Gasteiger partial charge in [0.2, 0.25) is 0 Å². The van der Waals surface area contributed by atoms with Crippen LogP contribution < -0.4 is 0 Å². The summed E-state index contributed by atoms with van der Waals surface area (Å²) in [4.78, 5) is 6.20. The van der Waals surface area contributed by atoms with Crippen LogP contribution in [0.25, 0.3) is 0 Å². The summed E-state index contributed by atoms with van der Waals surface area (Å²) in [5.41, 5.74) is 0. The Morgan fingerprint density at radius 1 is 0.579 bits per heavy atom. The van der Waals surface area contributed by atoms with Gasteiger partial charge >= 0.3 is 7.32 Å². The Labute approximate surface area is 118 Å². The molecule has 0 unspecified atom stereocenters. The van der Waals surface area contributed by atoms with Gasteiger partial charge in [-0.1, -0.05) is 0 Å². The fourth-order valence-corrected chi connectivity index (χ4v) is 1.14. The Bertz CT molecular complexity index is 173. The highest BCUT2D eigenvalue weighted by Gasteiger charge is 2.21. The third-order valence-electron chi connectivity index (χ3n) is 2.38. The molecule has 0 amide bonds. The quantitative estimate of drug-likeness (QED) is 0.456. The predicted molar refractivity (Wildman–Crippen MR) is 79.3 cm³/mol. The summed E-state index contributed by atoms with van der Waals surface area (Å²) in [5, 5.41) is 0. The van der Waals surface area contributed by atoms with Crippen molar-refractivity contribution in [3.05, 3.63) is 0 Å². The van der Waals surface area contributed by atoms with Crippen LogP contribution in [0.4, 0.5) is 0 Å². The third-order valence-corrected chi connectivity index (χ3v) is 2.38. The van der Waals surface area contributed by atoms with Gasteiger partial charge in [-0.25, -0.2) is 0 Å². The predicted octanol–water partition coefficient (Wildman–Crippen LogP) is -0.294. The van der Waals surface area contributed by atoms with Gasteiger partial charge < -0.3 is 28.7 Å². The number of hydrogen-bond donors (Lipinski definition) is 0. The first-order chi connectivity index (χ1) is 8.91. The maximum Gasteiger partial charge on any atom is 0.639 e. The molecule has 0 aliphatic carbocycles. The standard InChI is InChI=1S/C12H30BN3O3/c1-14(2)7-10-17-13(18-11-8-15(3)4)19-12-9-16(5)6/h7-12H2,1-6H3. The van der Waals surface area contributed by atoms with Gasteiger partial charge in [-0.05, 0) is 42.3 Å². The molecule has 0 aromatic heterocycles. The highest BCUT2D eigenvalue weighted by atomic mass is 16.7. The van der Waals surface area contributed by atoms with Crippen LogP contribution in [-0.4, -0.2) is 104 Å². The van der Waals surface area contributed by atoms with Crippen LogP contribution in [0.15, 0.2) is 0 Å². The van der Waals surface area contributed by atoms with Crippen molar-refractivity contribution in [2.45, 2.75) is 0 Å². The molecule has 0 aliphatic heterocycles. The topological polar surface area (TPSA) is 37.4 Å². The van der Waals surface area contributed by atoms with Crippen molar-refractivity contribution in [2.75, 3.05) is 81.7 Å². The molecule has 0 saturated carbocycles. The highest BCUT2D eigenvalue weighted by molar-refractivity contribution is 6.36. The Morgan fingerprint density at radius 3 is 1.05 bits per heavy atom. The maximum absolute atomic E-state index is 5.59. The van der Waals surface area contributed by atoms with Gasteiger partial charge in [-0.2, -0.15) is 0 Å². The van der Waals surface area contributed by atoms with E-state index in [-0.39, 0.29) is 0 Å². The van der Waals surface area contributed by atoms with Crippen molar-refractivity contribution in [3.8, 4) is 0 Å². The second kappa shape index (κ2) is 11.6. The van der Waals surface area contributed by atoms with E-state index < -0.39 is 7.32 Å². The SMILES string of the molecule is CN(C)CCOB(OCCN(C)C)OCCN(C)C. The molecule has 0 heterocycles. The van der Waals surface area contributed by atoms with E-state index in [9.17, 15) is 0 Å². The van der Waals surface area contributed by atoms with Crippen molar-refractivity contribution in [3.63, 3.8) is 0 Å². The first-order valence-electron chi connectivity index (χ1n) is 6.71. The van der Waals surface area contributed by atoms with Crippen LogP contribution in [0.2, 0.25) is 0 Å². The molecule has 7 heteroatoms. The van der Waals surface area contributed by atoms with Gasteiger partial charge in [0.15, 0.2) is 0 Å². The molecule has 0 N–H and O–H groups in total. The summed E-state index contributed by atoms with van der Waals surface area (Å²) in [6.07, 6.45) is 0. The molecule has 0 rings (SSSR count). The second-order valence-corrected chi connectivity index (χ2v) is 5.31. The molecule has 6 nitrogen and oxygen atoms in total. The Hall–Kier alpha value is -0.175. The van der Waals surface area contributed by atoms with E-state index >= 15 is 0 Å². The maximum atomic E-state index is 5.59. The normalized spacial score (nSPS) is 11.8. The largest absolute Gasteiger partial charge is 0.639 e. The van der Waals surface area contributed by atoms with E-state index in [4.69, 9.17) is 14.0 Å². The van der Waals surface area contributed by atoms with Crippen LogP contribution in [0.3, 0.4) is 0 Å². The van der Waals surface area contributed by atoms with Crippen LogP contribution in [-0.2, 0) is 14.0 Å². The Balaban J connectivity index is 3.85. The Morgan fingerprint density at radius 2 is 0.842 bits per heavy atom. The van der Waals surface area contributed by atoms with E-state index in [2.05, 4.69) is 14.7 Å². The summed E-state index contributed by atoms with van der Waals surface area (Å²) >= 11 is 0. The lowest BCUT2D eigenvalue weighted by atomic mass is 10.2. The van der Waals surface area contributed by atoms with E-state index in [1.807, 2.05) is 42.3 Å². The van der Waals surface area contributed by atoms with E-state index in [1.165, 1.54) is 0 Å². The number of hydrogen-bond acceptors (Lipinski definition) is 6.